The molecule has 4 atom stereocenters. The molecular weight excluding hydrogens is 464 g/mol. The number of hydrogen-bond donors (Lipinski definition) is 2. The van der Waals surface area contributed by atoms with Gasteiger partial charge in [0.25, 0.3) is 0 Å². The molecule has 2 N–H and O–H groups in total. The van der Waals surface area contributed by atoms with Gasteiger partial charge in [0.1, 0.15) is 18.8 Å². The normalized spacial score (nSPS) is 18.0. The fourth-order valence-electron chi connectivity index (χ4n) is 4.51. The highest BCUT2D eigenvalue weighted by atomic mass is 16.6. The van der Waals surface area contributed by atoms with Crippen molar-refractivity contribution in [2.45, 2.75) is 64.0 Å². The fourth-order valence-corrected chi connectivity index (χ4v) is 4.51. The molecule has 0 saturated carbocycles. The molecule has 0 radical (unpaired) electrons. The number of carbonyl (C=O) groups is 2. The van der Waals surface area contributed by atoms with E-state index < -0.39 is 12.1 Å². The van der Waals surface area contributed by atoms with Crippen molar-refractivity contribution >= 4 is 12.0 Å². The van der Waals surface area contributed by atoms with Gasteiger partial charge in [-0.2, -0.15) is 0 Å². The van der Waals surface area contributed by atoms with Crippen LogP contribution in [0.2, 0.25) is 0 Å². The van der Waals surface area contributed by atoms with E-state index in [-0.39, 0.29) is 36.7 Å². The van der Waals surface area contributed by atoms with Crippen molar-refractivity contribution in [1.29, 1.82) is 0 Å². The molecule has 1 aliphatic rings. The number of epoxide rings is 1. The van der Waals surface area contributed by atoms with Crippen LogP contribution in [0.3, 0.4) is 0 Å². The lowest BCUT2D eigenvalue weighted by atomic mass is 9.97. The summed E-state index contributed by atoms with van der Waals surface area (Å²) in [6.07, 6.45) is 1.90. The summed E-state index contributed by atoms with van der Waals surface area (Å²) in [5.74, 6) is -0.347. The Bertz CT molecular complexity index is 1120. The van der Waals surface area contributed by atoms with Crippen molar-refractivity contribution in [2.75, 3.05) is 0 Å². The average molecular weight is 501 g/mol. The van der Waals surface area contributed by atoms with Crippen LogP contribution in [-0.4, -0.2) is 36.3 Å². The van der Waals surface area contributed by atoms with Gasteiger partial charge in [0, 0.05) is 0 Å². The lowest BCUT2D eigenvalue weighted by Crippen LogP contribution is -2.53. The van der Waals surface area contributed by atoms with Gasteiger partial charge in [0.15, 0.2) is 0 Å². The van der Waals surface area contributed by atoms with E-state index in [1.807, 2.05) is 80.6 Å². The number of aryl methyl sites for hydroxylation is 1. The zero-order chi connectivity index (χ0) is 26.0. The van der Waals surface area contributed by atoms with Crippen molar-refractivity contribution in [3.05, 3.63) is 108 Å². The van der Waals surface area contributed by atoms with Crippen LogP contribution < -0.4 is 10.6 Å². The minimum atomic E-state index is -0.719. The largest absolute Gasteiger partial charge is 0.445 e. The van der Waals surface area contributed by atoms with Crippen LogP contribution in [0.25, 0.3) is 0 Å². The van der Waals surface area contributed by atoms with E-state index in [2.05, 4.69) is 34.9 Å². The Morgan fingerprint density at radius 1 is 0.811 bits per heavy atom. The molecule has 3 unspecified atom stereocenters. The molecule has 3 aromatic carbocycles. The van der Waals surface area contributed by atoms with Crippen molar-refractivity contribution in [2.24, 2.45) is 5.92 Å². The minimum Gasteiger partial charge on any atom is -0.445 e. The third kappa shape index (κ3) is 8.19. The highest BCUT2D eigenvalue weighted by molar-refractivity contribution is 5.86. The van der Waals surface area contributed by atoms with E-state index in [1.54, 1.807) is 0 Å². The summed E-state index contributed by atoms with van der Waals surface area (Å²) < 4.78 is 11.4. The highest BCUT2D eigenvalue weighted by Gasteiger charge is 2.45. The Morgan fingerprint density at radius 3 is 1.97 bits per heavy atom. The predicted molar refractivity (Wildman–Crippen MR) is 144 cm³/mol. The smallest absolute Gasteiger partial charge is 0.408 e. The number of hydrogen-bond acceptors (Lipinski definition) is 4. The van der Waals surface area contributed by atoms with E-state index >= 15 is 0 Å². The second-order valence-electron chi connectivity index (χ2n) is 9.90. The minimum absolute atomic E-state index is 0.0642. The monoisotopic (exact) mass is 500 g/mol. The number of ether oxygens (including phenoxy) is 2. The molecule has 37 heavy (non-hydrogen) atoms. The molecule has 1 fully saturated rings. The number of amides is 2. The molecule has 0 bridgehead atoms. The summed E-state index contributed by atoms with van der Waals surface area (Å²) in [6, 6.07) is 29.0. The van der Waals surface area contributed by atoms with Gasteiger partial charge in [-0.1, -0.05) is 105 Å². The van der Waals surface area contributed by atoms with Gasteiger partial charge in [-0.3, -0.25) is 4.79 Å². The maximum Gasteiger partial charge on any atom is 0.408 e. The third-order valence-electron chi connectivity index (χ3n) is 6.64. The summed E-state index contributed by atoms with van der Waals surface area (Å²) in [5, 5.41) is 5.94. The Morgan fingerprint density at radius 2 is 1.38 bits per heavy atom. The Kier molecular flexibility index (Phi) is 9.33. The lowest BCUT2D eigenvalue weighted by Gasteiger charge is -2.25. The first-order chi connectivity index (χ1) is 18.0. The van der Waals surface area contributed by atoms with Crippen LogP contribution in [0, 0.1) is 5.92 Å². The van der Waals surface area contributed by atoms with Gasteiger partial charge in [0.05, 0.1) is 12.1 Å². The first-order valence-electron chi connectivity index (χ1n) is 13.0. The Labute approximate surface area is 219 Å². The number of rotatable bonds is 12. The first kappa shape index (κ1) is 26.4. The summed E-state index contributed by atoms with van der Waals surface area (Å²) in [5.41, 5.74) is 3.29. The maximum atomic E-state index is 13.4. The van der Waals surface area contributed by atoms with E-state index in [0.29, 0.717) is 6.42 Å². The molecule has 0 spiro atoms. The summed E-state index contributed by atoms with van der Waals surface area (Å²) in [4.78, 5) is 25.9. The van der Waals surface area contributed by atoms with E-state index in [4.69, 9.17) is 9.47 Å². The number of benzene rings is 3. The van der Waals surface area contributed by atoms with Gasteiger partial charge < -0.3 is 20.1 Å². The topological polar surface area (TPSA) is 80.0 Å². The van der Waals surface area contributed by atoms with Crippen LogP contribution in [0.1, 0.15) is 37.0 Å². The zero-order valence-corrected chi connectivity index (χ0v) is 21.5. The van der Waals surface area contributed by atoms with E-state index in [1.165, 1.54) is 5.56 Å². The molecule has 6 nitrogen and oxygen atoms in total. The lowest BCUT2D eigenvalue weighted by molar-refractivity contribution is -0.125. The van der Waals surface area contributed by atoms with Gasteiger partial charge in [-0.15, -0.1) is 0 Å². The molecule has 4 rings (SSSR count). The molecule has 194 valence electrons. The van der Waals surface area contributed by atoms with E-state index in [0.717, 1.165) is 24.0 Å². The molecular formula is C31H36N2O4. The first-order valence-corrected chi connectivity index (χ1v) is 13.0. The van der Waals surface area contributed by atoms with Crippen molar-refractivity contribution < 1.29 is 19.1 Å². The third-order valence-corrected chi connectivity index (χ3v) is 6.64. The molecule has 1 heterocycles. The second kappa shape index (κ2) is 13.1. The highest BCUT2D eigenvalue weighted by Crippen LogP contribution is 2.31. The van der Waals surface area contributed by atoms with Gasteiger partial charge in [0.2, 0.25) is 5.91 Å². The maximum absolute atomic E-state index is 13.4. The quantitative estimate of drug-likeness (QED) is 0.341. The number of carbonyl (C=O) groups excluding carboxylic acids is 2. The molecule has 1 aliphatic heterocycles. The molecule has 3 aromatic rings. The molecule has 2 amide bonds. The van der Waals surface area contributed by atoms with Crippen LogP contribution in [0.15, 0.2) is 91.0 Å². The average Bonchev–Trinajstić information content (AvgIpc) is 3.70. The summed E-state index contributed by atoms with van der Waals surface area (Å²) in [6.45, 7) is 3.96. The van der Waals surface area contributed by atoms with Gasteiger partial charge in [-0.05, 0) is 41.9 Å². The van der Waals surface area contributed by atoms with Crippen molar-refractivity contribution in [3.8, 4) is 0 Å². The SMILES string of the molecule is CC(C)[C@@H](NC(=O)OCc1ccccc1)C(=O)NC(Cc1ccccc1)C1OC1CCc1ccccc1. The van der Waals surface area contributed by atoms with Crippen LogP contribution in [0.5, 0.6) is 0 Å². The van der Waals surface area contributed by atoms with Gasteiger partial charge >= 0.3 is 6.09 Å². The van der Waals surface area contributed by atoms with Crippen LogP contribution in [-0.2, 0) is 33.7 Å². The van der Waals surface area contributed by atoms with Crippen molar-refractivity contribution in [1.82, 2.24) is 10.6 Å². The van der Waals surface area contributed by atoms with Crippen LogP contribution >= 0.6 is 0 Å². The molecule has 0 aromatic heterocycles. The van der Waals surface area contributed by atoms with Gasteiger partial charge in [-0.25, -0.2) is 4.79 Å². The zero-order valence-electron chi connectivity index (χ0n) is 21.5. The molecule has 6 heteroatoms. The summed E-state index contributed by atoms with van der Waals surface area (Å²) in [7, 11) is 0. The predicted octanol–water partition coefficient (Wildman–Crippen LogP) is 5.07. The number of nitrogens with one attached hydrogen (secondary N) is 2. The molecule has 1 saturated heterocycles. The Balaban J connectivity index is 1.36. The number of alkyl carbamates (subject to hydrolysis) is 1. The summed E-state index contributed by atoms with van der Waals surface area (Å²) >= 11 is 0. The van der Waals surface area contributed by atoms with E-state index in [9.17, 15) is 9.59 Å². The molecule has 0 aliphatic carbocycles. The standard InChI is InChI=1S/C31H36N2O4/c1-22(2)28(33-31(35)36-21-25-16-10-5-11-17-25)30(34)32-26(20-24-14-8-4-9-15-24)29-27(37-29)19-18-23-12-6-3-7-13-23/h3-17,22,26-29H,18-21H2,1-2H3,(H,32,34)(H,33,35)/t26?,27?,28-,29?/m1/s1. The Hall–Kier alpha value is -3.64. The second-order valence-corrected chi connectivity index (χ2v) is 9.90. The fraction of sp³-hybridized carbons (Fsp3) is 0.355. The van der Waals surface area contributed by atoms with Crippen molar-refractivity contribution in [3.63, 3.8) is 0 Å². The van der Waals surface area contributed by atoms with Crippen LogP contribution in [0.4, 0.5) is 4.79 Å².